The van der Waals surface area contributed by atoms with E-state index in [2.05, 4.69) is 4.72 Å². The number of amides is 1. The third kappa shape index (κ3) is 5.49. The Bertz CT molecular complexity index is 688. The van der Waals surface area contributed by atoms with E-state index in [0.29, 0.717) is 12.3 Å². The zero-order valence-electron chi connectivity index (χ0n) is 14.5. The second-order valence-electron chi connectivity index (χ2n) is 6.41. The SMILES string of the molecule is Cc1ccc(OCC(=O)N2CCCCC2CNS(C)(=O)=O)c(C)c1. The number of aryl methyl sites for hydroxylation is 2. The number of nitrogens with zero attached hydrogens (tertiary/aromatic N) is 1. The number of likely N-dealkylation sites (tertiary alicyclic amines) is 1. The van der Waals surface area contributed by atoms with Crippen molar-refractivity contribution in [1.29, 1.82) is 0 Å². The van der Waals surface area contributed by atoms with Gasteiger partial charge in [-0.05, 0) is 44.7 Å². The van der Waals surface area contributed by atoms with Crippen molar-refractivity contribution < 1.29 is 17.9 Å². The van der Waals surface area contributed by atoms with Crippen molar-refractivity contribution in [2.45, 2.75) is 39.2 Å². The van der Waals surface area contributed by atoms with Gasteiger partial charge in [0.2, 0.25) is 10.0 Å². The van der Waals surface area contributed by atoms with Crippen LogP contribution in [0.15, 0.2) is 18.2 Å². The summed E-state index contributed by atoms with van der Waals surface area (Å²) in [6, 6.07) is 5.73. The Balaban J connectivity index is 1.95. The lowest BCUT2D eigenvalue weighted by atomic mass is 10.0. The Kier molecular flexibility index (Phi) is 6.23. The van der Waals surface area contributed by atoms with Gasteiger partial charge in [-0.2, -0.15) is 0 Å². The fraction of sp³-hybridized carbons (Fsp3) is 0.588. The molecule has 7 heteroatoms. The number of carbonyl (C=O) groups excluding carboxylic acids is 1. The lowest BCUT2D eigenvalue weighted by Crippen LogP contribution is -2.50. The van der Waals surface area contributed by atoms with E-state index in [1.807, 2.05) is 32.0 Å². The van der Waals surface area contributed by atoms with Crippen molar-refractivity contribution >= 4 is 15.9 Å². The first-order chi connectivity index (χ1) is 11.3. The average Bonchev–Trinajstić information content (AvgIpc) is 2.51. The molecule has 0 saturated carbocycles. The summed E-state index contributed by atoms with van der Waals surface area (Å²) in [7, 11) is -3.26. The van der Waals surface area contributed by atoms with Gasteiger partial charge in [-0.15, -0.1) is 0 Å². The Morgan fingerprint density at radius 3 is 2.75 bits per heavy atom. The van der Waals surface area contributed by atoms with Crippen molar-refractivity contribution in [1.82, 2.24) is 9.62 Å². The van der Waals surface area contributed by atoms with Crippen molar-refractivity contribution in [3.8, 4) is 5.75 Å². The summed E-state index contributed by atoms with van der Waals surface area (Å²) in [6.07, 6.45) is 3.87. The molecule has 6 nitrogen and oxygen atoms in total. The van der Waals surface area contributed by atoms with Crippen LogP contribution in [0, 0.1) is 13.8 Å². The number of hydrogen-bond donors (Lipinski definition) is 1. The molecular weight excluding hydrogens is 328 g/mol. The maximum Gasteiger partial charge on any atom is 0.260 e. The first kappa shape index (κ1) is 18.7. The van der Waals surface area contributed by atoms with E-state index < -0.39 is 10.0 Å². The van der Waals surface area contributed by atoms with E-state index in [1.165, 1.54) is 0 Å². The summed E-state index contributed by atoms with van der Waals surface area (Å²) < 4.78 is 30.7. The molecule has 0 spiro atoms. The van der Waals surface area contributed by atoms with E-state index in [0.717, 1.165) is 36.6 Å². The fourth-order valence-electron chi connectivity index (χ4n) is 2.97. The molecule has 1 amide bonds. The number of sulfonamides is 1. The molecule has 1 unspecified atom stereocenters. The maximum absolute atomic E-state index is 12.5. The molecule has 1 atom stereocenters. The molecule has 1 aromatic rings. The summed E-state index contributed by atoms with van der Waals surface area (Å²) >= 11 is 0. The molecule has 1 heterocycles. The normalized spacial score (nSPS) is 18.5. The summed E-state index contributed by atoms with van der Waals surface area (Å²) in [5, 5.41) is 0. The van der Waals surface area contributed by atoms with Gasteiger partial charge in [0.05, 0.1) is 6.26 Å². The molecule has 134 valence electrons. The second-order valence-corrected chi connectivity index (χ2v) is 8.25. The number of rotatable bonds is 6. The Labute approximate surface area is 144 Å². The van der Waals surface area contributed by atoms with E-state index in [4.69, 9.17) is 4.74 Å². The molecule has 1 N–H and O–H groups in total. The van der Waals surface area contributed by atoms with E-state index in [1.54, 1.807) is 4.90 Å². The molecule has 1 aliphatic rings. The predicted molar refractivity (Wildman–Crippen MR) is 93.6 cm³/mol. The van der Waals surface area contributed by atoms with Crippen LogP contribution in [-0.4, -0.2) is 51.2 Å². The number of nitrogens with one attached hydrogen (secondary N) is 1. The van der Waals surface area contributed by atoms with Crippen molar-refractivity contribution in [3.05, 3.63) is 29.3 Å². The number of ether oxygens (including phenoxy) is 1. The molecule has 24 heavy (non-hydrogen) atoms. The third-order valence-electron chi connectivity index (χ3n) is 4.21. The molecule has 1 fully saturated rings. The number of benzene rings is 1. The lowest BCUT2D eigenvalue weighted by molar-refractivity contribution is -0.136. The molecule has 1 aromatic carbocycles. The van der Waals surface area contributed by atoms with E-state index >= 15 is 0 Å². The molecule has 2 rings (SSSR count). The standard InChI is InChI=1S/C17H26N2O4S/c1-13-7-8-16(14(2)10-13)23-12-17(20)19-9-5-4-6-15(19)11-18-24(3,21)22/h7-8,10,15,18H,4-6,9,11-12H2,1-3H3. The van der Waals surface area contributed by atoms with Gasteiger partial charge in [-0.1, -0.05) is 17.7 Å². The third-order valence-corrected chi connectivity index (χ3v) is 4.90. The summed E-state index contributed by atoms with van der Waals surface area (Å²) in [5.41, 5.74) is 2.14. The highest BCUT2D eigenvalue weighted by Crippen LogP contribution is 2.20. The smallest absolute Gasteiger partial charge is 0.260 e. The van der Waals surface area contributed by atoms with Crippen molar-refractivity contribution in [3.63, 3.8) is 0 Å². The van der Waals surface area contributed by atoms with Gasteiger partial charge in [-0.3, -0.25) is 4.79 Å². The minimum atomic E-state index is -3.26. The van der Waals surface area contributed by atoms with Crippen LogP contribution < -0.4 is 9.46 Å². The molecule has 0 aliphatic carbocycles. The first-order valence-corrected chi connectivity index (χ1v) is 10.1. The Morgan fingerprint density at radius 1 is 1.33 bits per heavy atom. The van der Waals surface area contributed by atoms with Crippen LogP contribution in [-0.2, 0) is 14.8 Å². The quantitative estimate of drug-likeness (QED) is 0.842. The number of hydrogen-bond acceptors (Lipinski definition) is 4. The van der Waals surface area contributed by atoms with Crippen molar-refractivity contribution in [2.75, 3.05) is 26.0 Å². The monoisotopic (exact) mass is 354 g/mol. The predicted octanol–water partition coefficient (Wildman–Crippen LogP) is 1.61. The van der Waals surface area contributed by atoms with Crippen LogP contribution >= 0.6 is 0 Å². The van der Waals surface area contributed by atoms with E-state index in [-0.39, 0.29) is 25.1 Å². The number of piperidine rings is 1. The fourth-order valence-corrected chi connectivity index (χ4v) is 3.47. The molecule has 0 bridgehead atoms. The van der Waals surface area contributed by atoms with Crippen LogP contribution in [0.5, 0.6) is 5.75 Å². The summed E-state index contributed by atoms with van der Waals surface area (Å²) in [6.45, 7) is 4.83. The van der Waals surface area contributed by atoms with E-state index in [9.17, 15) is 13.2 Å². The van der Waals surface area contributed by atoms with Crippen LogP contribution in [0.1, 0.15) is 30.4 Å². The van der Waals surface area contributed by atoms with Gasteiger partial charge >= 0.3 is 0 Å². The highest BCUT2D eigenvalue weighted by molar-refractivity contribution is 7.88. The van der Waals surface area contributed by atoms with Gasteiger partial charge in [0, 0.05) is 19.1 Å². The second kappa shape index (κ2) is 7.98. The van der Waals surface area contributed by atoms with Gasteiger partial charge in [0.1, 0.15) is 5.75 Å². The van der Waals surface area contributed by atoms with Gasteiger partial charge < -0.3 is 9.64 Å². The van der Waals surface area contributed by atoms with Crippen LogP contribution in [0.4, 0.5) is 0 Å². The highest BCUT2D eigenvalue weighted by Gasteiger charge is 2.27. The largest absolute Gasteiger partial charge is 0.484 e. The van der Waals surface area contributed by atoms with Gasteiger partial charge in [0.25, 0.3) is 5.91 Å². The zero-order chi connectivity index (χ0) is 17.7. The first-order valence-electron chi connectivity index (χ1n) is 8.20. The highest BCUT2D eigenvalue weighted by atomic mass is 32.2. The van der Waals surface area contributed by atoms with Crippen LogP contribution in [0.25, 0.3) is 0 Å². The lowest BCUT2D eigenvalue weighted by Gasteiger charge is -2.35. The molecule has 0 aromatic heterocycles. The van der Waals surface area contributed by atoms with Crippen molar-refractivity contribution in [2.24, 2.45) is 0 Å². The Morgan fingerprint density at radius 2 is 2.08 bits per heavy atom. The number of carbonyl (C=O) groups is 1. The zero-order valence-corrected chi connectivity index (χ0v) is 15.4. The van der Waals surface area contributed by atoms with Crippen LogP contribution in [0.2, 0.25) is 0 Å². The molecule has 0 radical (unpaired) electrons. The van der Waals surface area contributed by atoms with Crippen LogP contribution in [0.3, 0.4) is 0 Å². The topological polar surface area (TPSA) is 75.7 Å². The molecule has 1 aliphatic heterocycles. The average molecular weight is 354 g/mol. The molecular formula is C17H26N2O4S. The van der Waals surface area contributed by atoms with Gasteiger partial charge in [-0.25, -0.2) is 13.1 Å². The van der Waals surface area contributed by atoms with Gasteiger partial charge in [0.15, 0.2) is 6.61 Å². The minimum absolute atomic E-state index is 0.0285. The minimum Gasteiger partial charge on any atom is -0.484 e. The molecule has 1 saturated heterocycles. The maximum atomic E-state index is 12.5. The Hall–Kier alpha value is -1.60. The summed E-state index contributed by atoms with van der Waals surface area (Å²) in [5.74, 6) is 0.603. The summed E-state index contributed by atoms with van der Waals surface area (Å²) in [4.78, 5) is 14.2.